The fourth-order valence-corrected chi connectivity index (χ4v) is 5.15. The highest BCUT2D eigenvalue weighted by Gasteiger charge is 2.60. The molecule has 2 N–H and O–H groups in total. The Kier molecular flexibility index (Phi) is 3.36. The molecule has 6 heteroatoms. The predicted octanol–water partition coefficient (Wildman–Crippen LogP) is 3.19. The highest BCUT2D eigenvalue weighted by Crippen LogP contribution is 2.58. The number of carbonyl (C=O) groups excluding carboxylic acids is 2. The minimum Gasteiger partial charge on any atom is -0.469 e. The van der Waals surface area contributed by atoms with E-state index in [-0.39, 0.29) is 29.1 Å². The lowest BCUT2D eigenvalue weighted by Gasteiger charge is -2.60. The van der Waals surface area contributed by atoms with Crippen molar-refractivity contribution in [2.75, 3.05) is 12.4 Å². The molecule has 2 bridgehead atoms. The molecular formula is C18H21ClN2O3. The van der Waals surface area contributed by atoms with Crippen molar-refractivity contribution in [3.63, 3.8) is 0 Å². The average molecular weight is 349 g/mol. The van der Waals surface area contributed by atoms with Crippen LogP contribution in [0.4, 0.5) is 5.69 Å². The third kappa shape index (κ3) is 2.14. The van der Waals surface area contributed by atoms with Crippen LogP contribution in [0.2, 0.25) is 5.02 Å². The SMILES string of the molecule is COC(=O)[C@H]1C[C@H]2CC[C@@]1(C)C[C@@]21NC(=O)c2cc(Cl)ccc2N1. The molecule has 0 saturated heterocycles. The van der Waals surface area contributed by atoms with E-state index in [1.807, 2.05) is 6.07 Å². The van der Waals surface area contributed by atoms with Gasteiger partial charge in [0, 0.05) is 16.6 Å². The monoisotopic (exact) mass is 348 g/mol. The van der Waals surface area contributed by atoms with Gasteiger partial charge in [-0.15, -0.1) is 0 Å². The number of hydrogen-bond donors (Lipinski definition) is 2. The second-order valence-corrected chi connectivity index (χ2v) is 8.05. The minimum absolute atomic E-state index is 0.0998. The summed E-state index contributed by atoms with van der Waals surface area (Å²) in [5.41, 5.74) is 0.722. The molecular weight excluding hydrogens is 328 g/mol. The predicted molar refractivity (Wildman–Crippen MR) is 90.8 cm³/mol. The second-order valence-electron chi connectivity index (χ2n) is 7.62. The van der Waals surface area contributed by atoms with Gasteiger partial charge in [-0.25, -0.2) is 0 Å². The lowest BCUT2D eigenvalue weighted by molar-refractivity contribution is -0.160. The molecule has 24 heavy (non-hydrogen) atoms. The van der Waals surface area contributed by atoms with E-state index in [9.17, 15) is 9.59 Å². The first-order valence-corrected chi connectivity index (χ1v) is 8.73. The van der Waals surface area contributed by atoms with E-state index >= 15 is 0 Å². The Morgan fingerprint density at radius 1 is 1.38 bits per heavy atom. The number of anilines is 1. The minimum atomic E-state index is -0.491. The van der Waals surface area contributed by atoms with Crippen LogP contribution in [0, 0.1) is 17.3 Å². The number of amides is 1. The van der Waals surface area contributed by atoms with Crippen LogP contribution in [-0.4, -0.2) is 24.6 Å². The maximum absolute atomic E-state index is 12.7. The van der Waals surface area contributed by atoms with Crippen LogP contribution in [0.5, 0.6) is 0 Å². The summed E-state index contributed by atoms with van der Waals surface area (Å²) in [6, 6.07) is 5.34. The van der Waals surface area contributed by atoms with Gasteiger partial charge in [-0.2, -0.15) is 0 Å². The molecule has 5 rings (SSSR count). The molecule has 0 aromatic heterocycles. The maximum Gasteiger partial charge on any atom is 0.309 e. The van der Waals surface area contributed by atoms with Crippen LogP contribution in [0.3, 0.4) is 0 Å². The number of benzene rings is 1. The summed E-state index contributed by atoms with van der Waals surface area (Å²) >= 11 is 6.02. The lowest BCUT2D eigenvalue weighted by Crippen LogP contribution is -2.69. The number of nitrogens with one attached hydrogen (secondary N) is 2. The molecule has 3 aliphatic carbocycles. The summed E-state index contributed by atoms with van der Waals surface area (Å²) in [6.45, 7) is 2.14. The summed E-state index contributed by atoms with van der Waals surface area (Å²) < 4.78 is 5.01. The van der Waals surface area contributed by atoms with E-state index in [1.54, 1.807) is 12.1 Å². The average Bonchev–Trinajstić information content (AvgIpc) is 2.54. The summed E-state index contributed by atoms with van der Waals surface area (Å²) in [5.74, 6) is -0.128. The van der Waals surface area contributed by atoms with Gasteiger partial charge >= 0.3 is 5.97 Å². The molecule has 1 spiro atoms. The normalized spacial score (nSPS) is 36.7. The van der Waals surface area contributed by atoms with Crippen LogP contribution in [0.15, 0.2) is 18.2 Å². The zero-order valence-electron chi connectivity index (χ0n) is 13.8. The van der Waals surface area contributed by atoms with Gasteiger partial charge in [0.05, 0.1) is 18.6 Å². The van der Waals surface area contributed by atoms with Gasteiger partial charge < -0.3 is 15.4 Å². The summed E-state index contributed by atoms with van der Waals surface area (Å²) in [6.07, 6.45) is 3.42. The summed E-state index contributed by atoms with van der Waals surface area (Å²) in [5, 5.41) is 7.30. The van der Waals surface area contributed by atoms with Crippen molar-refractivity contribution in [3.05, 3.63) is 28.8 Å². The zero-order chi connectivity index (χ0) is 17.1. The number of hydrogen-bond acceptors (Lipinski definition) is 4. The number of methoxy groups -OCH3 is 1. The smallest absolute Gasteiger partial charge is 0.309 e. The number of halogens is 1. The first-order valence-electron chi connectivity index (χ1n) is 8.35. The molecule has 5 nitrogen and oxygen atoms in total. The Labute approximate surface area is 146 Å². The first-order chi connectivity index (χ1) is 11.4. The van der Waals surface area contributed by atoms with Crippen LogP contribution < -0.4 is 10.6 Å². The van der Waals surface area contributed by atoms with Crippen molar-refractivity contribution in [2.24, 2.45) is 17.3 Å². The van der Waals surface area contributed by atoms with Crippen molar-refractivity contribution in [1.29, 1.82) is 0 Å². The number of carbonyl (C=O) groups is 2. The number of rotatable bonds is 1. The highest BCUT2D eigenvalue weighted by atomic mass is 35.5. The van der Waals surface area contributed by atoms with Crippen LogP contribution in [-0.2, 0) is 9.53 Å². The zero-order valence-corrected chi connectivity index (χ0v) is 14.6. The lowest BCUT2D eigenvalue weighted by atomic mass is 9.51. The maximum atomic E-state index is 12.7. The largest absolute Gasteiger partial charge is 0.469 e. The van der Waals surface area contributed by atoms with E-state index in [2.05, 4.69) is 17.6 Å². The quantitative estimate of drug-likeness (QED) is 0.765. The van der Waals surface area contributed by atoms with Crippen molar-refractivity contribution in [3.8, 4) is 0 Å². The van der Waals surface area contributed by atoms with Gasteiger partial charge in [-0.1, -0.05) is 18.5 Å². The third-order valence-corrected chi connectivity index (χ3v) is 6.45. The Morgan fingerprint density at radius 2 is 2.17 bits per heavy atom. The Bertz CT molecular complexity index is 737. The number of fused-ring (bicyclic) bond motifs is 3. The topological polar surface area (TPSA) is 67.4 Å². The fraction of sp³-hybridized carbons (Fsp3) is 0.556. The molecule has 1 aromatic rings. The molecule has 3 fully saturated rings. The van der Waals surface area contributed by atoms with Gasteiger partial charge in [0.2, 0.25) is 0 Å². The van der Waals surface area contributed by atoms with Gasteiger partial charge in [0.1, 0.15) is 5.66 Å². The fourth-order valence-electron chi connectivity index (χ4n) is 4.98. The van der Waals surface area contributed by atoms with Gasteiger partial charge in [0.15, 0.2) is 0 Å². The van der Waals surface area contributed by atoms with Crippen LogP contribution in [0.1, 0.15) is 43.0 Å². The highest BCUT2D eigenvalue weighted by molar-refractivity contribution is 6.31. The van der Waals surface area contributed by atoms with Crippen molar-refractivity contribution in [1.82, 2.24) is 5.32 Å². The molecule has 0 unspecified atom stereocenters. The Morgan fingerprint density at radius 3 is 2.88 bits per heavy atom. The number of esters is 1. The molecule has 3 saturated carbocycles. The van der Waals surface area contributed by atoms with E-state index in [1.165, 1.54) is 7.11 Å². The molecule has 1 heterocycles. The van der Waals surface area contributed by atoms with E-state index in [0.717, 1.165) is 31.4 Å². The van der Waals surface area contributed by atoms with Gasteiger partial charge in [-0.05, 0) is 49.3 Å². The molecule has 4 atom stereocenters. The first kappa shape index (κ1) is 15.8. The van der Waals surface area contributed by atoms with Crippen LogP contribution >= 0.6 is 11.6 Å². The van der Waals surface area contributed by atoms with E-state index < -0.39 is 5.66 Å². The molecule has 1 aromatic carbocycles. The van der Waals surface area contributed by atoms with Crippen molar-refractivity contribution in [2.45, 2.75) is 38.3 Å². The van der Waals surface area contributed by atoms with Crippen LogP contribution in [0.25, 0.3) is 0 Å². The molecule has 4 aliphatic rings. The van der Waals surface area contributed by atoms with Gasteiger partial charge in [-0.3, -0.25) is 9.59 Å². The van der Waals surface area contributed by atoms with Crippen molar-refractivity contribution < 1.29 is 14.3 Å². The van der Waals surface area contributed by atoms with Crippen molar-refractivity contribution >= 4 is 29.2 Å². The standard InChI is InChI=1S/C18H21ClN2O3/c1-17-6-5-10(7-13(17)16(23)24-2)18(9-17)20-14-4-3-11(19)8-12(14)15(22)21-18/h3-4,8,10,13,20H,5-7,9H2,1-2H3,(H,21,22)/t10-,13-,17+,18-/m1/s1. The molecule has 1 amide bonds. The number of ether oxygens (including phenoxy) is 1. The third-order valence-electron chi connectivity index (χ3n) is 6.21. The Hall–Kier alpha value is -1.75. The molecule has 0 radical (unpaired) electrons. The molecule has 128 valence electrons. The summed E-state index contributed by atoms with van der Waals surface area (Å²) in [4.78, 5) is 24.9. The second kappa shape index (κ2) is 5.12. The van der Waals surface area contributed by atoms with E-state index in [0.29, 0.717) is 10.6 Å². The van der Waals surface area contributed by atoms with E-state index in [4.69, 9.17) is 16.3 Å². The Balaban J connectivity index is 1.70. The van der Waals surface area contributed by atoms with Gasteiger partial charge in [0.25, 0.3) is 5.91 Å². The molecule has 1 aliphatic heterocycles. The summed E-state index contributed by atoms with van der Waals surface area (Å²) in [7, 11) is 1.45.